The smallest absolute Gasteiger partial charge is 0.174 e. The number of hydrogen-bond acceptors (Lipinski definition) is 7. The number of nitrogens with zero attached hydrogens (tertiary/aromatic N) is 6. The highest BCUT2D eigenvalue weighted by molar-refractivity contribution is 8.01. The Balaban J connectivity index is 0.00000121. The van der Waals surface area contributed by atoms with Gasteiger partial charge in [0.25, 0.3) is 0 Å². The third kappa shape index (κ3) is 4.77. The van der Waals surface area contributed by atoms with Crippen molar-refractivity contribution < 1.29 is 0 Å². The summed E-state index contributed by atoms with van der Waals surface area (Å²) in [6.07, 6.45) is 4.97. The van der Waals surface area contributed by atoms with Crippen LogP contribution in [0.2, 0.25) is 0 Å². The molecular weight excluding hydrogens is 413 g/mol. The topological polar surface area (TPSA) is 73.5 Å². The van der Waals surface area contributed by atoms with Gasteiger partial charge < -0.3 is 9.88 Å². The summed E-state index contributed by atoms with van der Waals surface area (Å²) < 4.78 is 5.29. The van der Waals surface area contributed by atoms with Crippen LogP contribution >= 0.6 is 47.9 Å². The number of halogens is 2. The van der Waals surface area contributed by atoms with E-state index in [0.29, 0.717) is 0 Å². The number of aromatic nitrogens is 6. The van der Waals surface area contributed by atoms with Crippen molar-refractivity contribution >= 4 is 47.9 Å². The summed E-state index contributed by atoms with van der Waals surface area (Å²) in [5.41, 5.74) is 2.19. The van der Waals surface area contributed by atoms with Crippen LogP contribution in [-0.2, 0) is 19.6 Å². The highest BCUT2D eigenvalue weighted by Crippen LogP contribution is 2.23. The first-order valence-corrected chi connectivity index (χ1v) is 9.81. The first-order chi connectivity index (χ1) is 11.8. The normalized spacial score (nSPS) is 13.4. The standard InChI is InChI=1S/C15H19N7S2.2ClH/c1-11-18-19-15(24-11)23-8-7-21-6-4-17-14(21)13-9-12-10-16-3-2-5-22(12)20-13;;/h4,6,9,16H,2-3,5,7-8,10H2,1H3;2*1H. The summed E-state index contributed by atoms with van der Waals surface area (Å²) in [4.78, 5) is 4.52. The van der Waals surface area contributed by atoms with Crippen LogP contribution in [0.25, 0.3) is 11.5 Å². The van der Waals surface area contributed by atoms with Crippen LogP contribution in [0.4, 0.5) is 0 Å². The van der Waals surface area contributed by atoms with Gasteiger partial charge in [0.1, 0.15) is 10.7 Å². The number of thioether (sulfide) groups is 1. The minimum atomic E-state index is 0. The van der Waals surface area contributed by atoms with Gasteiger partial charge in [-0.25, -0.2) is 4.98 Å². The molecule has 26 heavy (non-hydrogen) atoms. The molecule has 0 bridgehead atoms. The summed E-state index contributed by atoms with van der Waals surface area (Å²) >= 11 is 3.37. The van der Waals surface area contributed by atoms with Gasteiger partial charge in [0.2, 0.25) is 0 Å². The van der Waals surface area contributed by atoms with Gasteiger partial charge in [-0.1, -0.05) is 23.1 Å². The van der Waals surface area contributed by atoms with Crippen molar-refractivity contribution in [1.82, 2.24) is 34.8 Å². The fraction of sp³-hybridized carbons (Fsp3) is 0.467. The number of rotatable bonds is 5. The fourth-order valence-corrected chi connectivity index (χ4v) is 4.59. The quantitative estimate of drug-likeness (QED) is 0.623. The van der Waals surface area contributed by atoms with Gasteiger partial charge in [-0.3, -0.25) is 4.68 Å². The zero-order valence-electron chi connectivity index (χ0n) is 14.3. The number of nitrogens with one attached hydrogen (secondary N) is 1. The summed E-state index contributed by atoms with van der Waals surface area (Å²) in [6.45, 7) is 5.75. The molecule has 0 unspecified atom stereocenters. The molecule has 3 aromatic heterocycles. The average Bonchev–Trinajstić information content (AvgIpc) is 3.26. The first-order valence-electron chi connectivity index (χ1n) is 8.01. The first kappa shape index (κ1) is 21.2. The molecule has 0 saturated carbocycles. The summed E-state index contributed by atoms with van der Waals surface area (Å²) in [5.74, 6) is 1.87. The maximum Gasteiger partial charge on any atom is 0.174 e. The van der Waals surface area contributed by atoms with Gasteiger partial charge in [-0.2, -0.15) is 5.10 Å². The van der Waals surface area contributed by atoms with E-state index in [1.807, 2.05) is 19.3 Å². The van der Waals surface area contributed by atoms with Crippen molar-refractivity contribution in [3.63, 3.8) is 0 Å². The van der Waals surface area contributed by atoms with E-state index in [-0.39, 0.29) is 24.8 Å². The lowest BCUT2D eigenvalue weighted by Crippen LogP contribution is -2.11. The van der Waals surface area contributed by atoms with E-state index in [1.165, 1.54) is 5.69 Å². The monoisotopic (exact) mass is 433 g/mol. The van der Waals surface area contributed by atoms with Crippen molar-refractivity contribution in [1.29, 1.82) is 0 Å². The van der Waals surface area contributed by atoms with Crippen LogP contribution in [0.15, 0.2) is 22.8 Å². The molecule has 0 atom stereocenters. The molecule has 11 heteroatoms. The maximum absolute atomic E-state index is 4.75. The predicted molar refractivity (Wildman–Crippen MR) is 110 cm³/mol. The van der Waals surface area contributed by atoms with E-state index in [2.05, 4.69) is 35.8 Å². The molecule has 1 N–H and O–H groups in total. The number of fused-ring (bicyclic) bond motifs is 1. The molecule has 0 amide bonds. The second kappa shape index (κ2) is 9.70. The minimum absolute atomic E-state index is 0. The Bertz CT molecular complexity index is 806. The molecule has 0 aliphatic carbocycles. The van der Waals surface area contributed by atoms with Crippen LogP contribution < -0.4 is 5.32 Å². The average molecular weight is 434 g/mol. The maximum atomic E-state index is 4.75. The Labute approximate surface area is 172 Å². The van der Waals surface area contributed by atoms with Crippen molar-refractivity contribution in [2.75, 3.05) is 12.3 Å². The third-order valence-electron chi connectivity index (χ3n) is 3.90. The van der Waals surface area contributed by atoms with Crippen LogP contribution in [0.1, 0.15) is 17.1 Å². The molecule has 0 aromatic carbocycles. The van der Waals surface area contributed by atoms with E-state index in [9.17, 15) is 0 Å². The highest BCUT2D eigenvalue weighted by atomic mass is 35.5. The van der Waals surface area contributed by atoms with Crippen LogP contribution in [-0.4, -0.2) is 41.8 Å². The van der Waals surface area contributed by atoms with Gasteiger partial charge in [0.15, 0.2) is 10.2 Å². The van der Waals surface area contributed by atoms with Crippen LogP contribution in [0.3, 0.4) is 0 Å². The zero-order chi connectivity index (χ0) is 16.4. The van der Waals surface area contributed by atoms with E-state index in [4.69, 9.17) is 5.10 Å². The molecule has 0 spiro atoms. The van der Waals surface area contributed by atoms with Gasteiger partial charge in [-0.05, 0) is 26.0 Å². The van der Waals surface area contributed by atoms with Crippen molar-refractivity contribution in [3.05, 3.63) is 29.2 Å². The largest absolute Gasteiger partial charge is 0.329 e. The van der Waals surface area contributed by atoms with Gasteiger partial charge >= 0.3 is 0 Å². The van der Waals surface area contributed by atoms with E-state index in [1.54, 1.807) is 23.1 Å². The highest BCUT2D eigenvalue weighted by Gasteiger charge is 2.15. The lowest BCUT2D eigenvalue weighted by molar-refractivity contribution is 0.587. The third-order valence-corrected chi connectivity index (χ3v) is 5.85. The number of aryl methyl sites for hydroxylation is 3. The molecule has 3 aromatic rings. The van der Waals surface area contributed by atoms with E-state index in [0.717, 1.165) is 59.2 Å². The Morgan fingerprint density at radius 3 is 3.00 bits per heavy atom. The Morgan fingerprint density at radius 1 is 1.31 bits per heavy atom. The van der Waals surface area contributed by atoms with E-state index < -0.39 is 0 Å². The van der Waals surface area contributed by atoms with E-state index >= 15 is 0 Å². The molecule has 0 fully saturated rings. The Kier molecular flexibility index (Phi) is 7.90. The van der Waals surface area contributed by atoms with Gasteiger partial charge in [-0.15, -0.1) is 35.0 Å². The van der Waals surface area contributed by atoms with Gasteiger partial charge in [0.05, 0.1) is 5.69 Å². The van der Waals surface area contributed by atoms with Crippen LogP contribution in [0.5, 0.6) is 0 Å². The molecule has 1 aliphatic heterocycles. The lowest BCUT2D eigenvalue weighted by Gasteiger charge is -2.05. The second-order valence-electron chi connectivity index (χ2n) is 5.65. The van der Waals surface area contributed by atoms with Crippen molar-refractivity contribution in [2.45, 2.75) is 37.3 Å². The predicted octanol–water partition coefficient (Wildman–Crippen LogP) is 3.04. The molecule has 142 valence electrons. The molecule has 7 nitrogen and oxygen atoms in total. The molecule has 4 heterocycles. The summed E-state index contributed by atoms with van der Waals surface area (Å²) in [5, 5.41) is 17.4. The SMILES string of the molecule is Cc1nnc(SCCn2ccnc2-c2cc3n(n2)CCCNC3)s1.Cl.Cl. The minimum Gasteiger partial charge on any atom is -0.329 e. The summed E-state index contributed by atoms with van der Waals surface area (Å²) in [6, 6.07) is 2.15. The molecule has 1 aliphatic rings. The Morgan fingerprint density at radius 2 is 2.19 bits per heavy atom. The number of hydrogen-bond donors (Lipinski definition) is 1. The molecule has 0 radical (unpaired) electrons. The number of imidazole rings is 1. The zero-order valence-corrected chi connectivity index (χ0v) is 17.6. The molecule has 4 rings (SSSR count). The fourth-order valence-electron chi connectivity index (χ4n) is 2.76. The molecule has 0 saturated heterocycles. The van der Waals surface area contributed by atoms with Crippen molar-refractivity contribution in [3.8, 4) is 11.5 Å². The summed E-state index contributed by atoms with van der Waals surface area (Å²) in [7, 11) is 0. The lowest BCUT2D eigenvalue weighted by atomic mass is 10.3. The Hall–Kier alpha value is -1.13. The second-order valence-corrected chi connectivity index (χ2v) is 8.18. The van der Waals surface area contributed by atoms with Gasteiger partial charge in [0, 0.05) is 37.8 Å². The molecular formula is C15H21Cl2N7S2. The van der Waals surface area contributed by atoms with Crippen LogP contribution in [0, 0.1) is 6.92 Å². The van der Waals surface area contributed by atoms with Crippen molar-refractivity contribution in [2.24, 2.45) is 0 Å².